The molecular weight excluding hydrogens is 392 g/mol. The molecule has 0 aromatic heterocycles. The predicted molar refractivity (Wildman–Crippen MR) is 124 cm³/mol. The summed E-state index contributed by atoms with van der Waals surface area (Å²) < 4.78 is 12.1. The number of ketones is 1. The Kier molecular flexibility index (Phi) is 9.44. The minimum Gasteiger partial charge on any atom is -0.352 e. The lowest BCUT2D eigenvalue weighted by molar-refractivity contribution is -0.142. The molecule has 0 unspecified atom stereocenters. The first-order valence-electron chi connectivity index (χ1n) is 11.3. The molecule has 0 fully saturated rings. The van der Waals surface area contributed by atoms with Crippen molar-refractivity contribution in [2.24, 2.45) is 0 Å². The molecule has 0 bridgehead atoms. The fraction of sp³-hybridized carbons (Fsp3) is 0.500. The molecule has 162 valence electrons. The van der Waals surface area contributed by atoms with Gasteiger partial charge in [0.1, 0.15) is 0 Å². The lowest BCUT2D eigenvalue weighted by Crippen LogP contribution is -2.21. The molecular formula is C26H34O3S. The number of fused-ring (bicyclic) bond motifs is 2. The number of hydrogen-bond acceptors (Lipinski definition) is 4. The van der Waals surface area contributed by atoms with Crippen molar-refractivity contribution in [1.29, 1.82) is 0 Å². The summed E-state index contributed by atoms with van der Waals surface area (Å²) in [6.45, 7) is 5.87. The van der Waals surface area contributed by atoms with Crippen LogP contribution in [0, 0.1) is 0 Å². The smallest absolute Gasteiger partial charge is 0.194 e. The van der Waals surface area contributed by atoms with Crippen LogP contribution in [0.15, 0.2) is 47.4 Å². The fourth-order valence-electron chi connectivity index (χ4n) is 3.66. The molecule has 4 heteroatoms. The van der Waals surface area contributed by atoms with Crippen molar-refractivity contribution in [3.63, 3.8) is 0 Å². The standard InChI is InChI=1S/C26H34O3S/c1-3-5-9-15-28-25(29-16-10-6-4-2)18-20-13-14-23-24(17-20)30-19-21-11-7-8-12-22(21)26(23)27/h7-8,11-14,17,25H,3-6,9-10,15-16,18-19H2,1-2H3. The Hall–Kier alpha value is -1.62. The summed E-state index contributed by atoms with van der Waals surface area (Å²) in [6.07, 6.45) is 7.36. The Bertz CT molecular complexity index is 806. The van der Waals surface area contributed by atoms with Gasteiger partial charge in [0, 0.05) is 41.4 Å². The lowest BCUT2D eigenvalue weighted by atomic mass is 9.98. The molecule has 30 heavy (non-hydrogen) atoms. The third-order valence-electron chi connectivity index (χ3n) is 5.44. The summed E-state index contributed by atoms with van der Waals surface area (Å²) >= 11 is 1.74. The van der Waals surface area contributed by atoms with Gasteiger partial charge in [0.2, 0.25) is 0 Å². The normalized spacial score (nSPS) is 13.2. The van der Waals surface area contributed by atoms with Crippen molar-refractivity contribution in [2.75, 3.05) is 13.2 Å². The van der Waals surface area contributed by atoms with E-state index in [-0.39, 0.29) is 12.1 Å². The van der Waals surface area contributed by atoms with E-state index in [2.05, 4.69) is 32.0 Å². The van der Waals surface area contributed by atoms with Gasteiger partial charge in [-0.05, 0) is 36.1 Å². The van der Waals surface area contributed by atoms with Crippen molar-refractivity contribution >= 4 is 17.5 Å². The summed E-state index contributed by atoms with van der Waals surface area (Å²) in [5.41, 5.74) is 3.91. The molecule has 2 aromatic carbocycles. The van der Waals surface area contributed by atoms with E-state index in [0.29, 0.717) is 6.42 Å². The maximum Gasteiger partial charge on any atom is 0.194 e. The van der Waals surface area contributed by atoms with Gasteiger partial charge in [-0.2, -0.15) is 0 Å². The van der Waals surface area contributed by atoms with Gasteiger partial charge in [-0.25, -0.2) is 0 Å². The van der Waals surface area contributed by atoms with E-state index < -0.39 is 0 Å². The van der Waals surface area contributed by atoms with Gasteiger partial charge in [-0.1, -0.05) is 69.9 Å². The summed E-state index contributed by atoms with van der Waals surface area (Å²) in [5.74, 6) is 0.948. The van der Waals surface area contributed by atoms with Crippen LogP contribution in [0.4, 0.5) is 0 Å². The lowest BCUT2D eigenvalue weighted by Gasteiger charge is -2.19. The minimum atomic E-state index is -0.222. The second-order valence-corrected chi connectivity index (χ2v) is 8.91. The number of benzene rings is 2. The molecule has 1 aliphatic rings. The quantitative estimate of drug-likeness (QED) is 0.276. The van der Waals surface area contributed by atoms with Crippen molar-refractivity contribution in [2.45, 2.75) is 75.7 Å². The number of thioether (sulfide) groups is 1. The van der Waals surface area contributed by atoms with E-state index in [4.69, 9.17) is 9.47 Å². The zero-order chi connectivity index (χ0) is 21.2. The van der Waals surface area contributed by atoms with Crippen LogP contribution < -0.4 is 0 Å². The Labute approximate surface area is 185 Å². The number of hydrogen-bond donors (Lipinski definition) is 0. The highest BCUT2D eigenvalue weighted by atomic mass is 32.2. The fourth-order valence-corrected chi connectivity index (χ4v) is 4.77. The largest absolute Gasteiger partial charge is 0.352 e. The van der Waals surface area contributed by atoms with E-state index in [0.717, 1.165) is 59.0 Å². The van der Waals surface area contributed by atoms with E-state index in [1.54, 1.807) is 11.8 Å². The second-order valence-electron chi connectivity index (χ2n) is 7.89. The highest BCUT2D eigenvalue weighted by Gasteiger charge is 2.22. The van der Waals surface area contributed by atoms with E-state index in [1.807, 2.05) is 24.3 Å². The molecule has 0 aliphatic carbocycles. The average molecular weight is 427 g/mol. The van der Waals surface area contributed by atoms with Gasteiger partial charge < -0.3 is 9.47 Å². The summed E-state index contributed by atoms with van der Waals surface area (Å²) in [7, 11) is 0. The molecule has 0 saturated carbocycles. The third-order valence-corrected chi connectivity index (χ3v) is 6.55. The summed E-state index contributed by atoms with van der Waals surface area (Å²) in [5, 5.41) is 0. The van der Waals surface area contributed by atoms with Crippen LogP contribution in [-0.4, -0.2) is 25.3 Å². The Morgan fingerprint density at radius 2 is 1.60 bits per heavy atom. The number of carbonyl (C=O) groups is 1. The van der Waals surface area contributed by atoms with Crippen LogP contribution in [-0.2, 0) is 21.6 Å². The van der Waals surface area contributed by atoms with Crippen molar-refractivity contribution in [1.82, 2.24) is 0 Å². The van der Waals surface area contributed by atoms with Crippen LogP contribution in [0.1, 0.15) is 79.4 Å². The molecule has 0 atom stereocenters. The SMILES string of the molecule is CCCCCOC(Cc1ccc2c(c1)SCc1ccccc1C2=O)OCCCCC. The van der Waals surface area contributed by atoms with Crippen molar-refractivity contribution < 1.29 is 14.3 Å². The maximum atomic E-state index is 13.0. The van der Waals surface area contributed by atoms with Gasteiger partial charge in [0.15, 0.2) is 12.1 Å². The molecule has 1 heterocycles. The molecule has 2 aromatic rings. The highest BCUT2D eigenvalue weighted by Crippen LogP contribution is 2.34. The molecule has 3 nitrogen and oxygen atoms in total. The summed E-state index contributed by atoms with van der Waals surface area (Å²) in [6, 6.07) is 14.1. The van der Waals surface area contributed by atoms with Gasteiger partial charge >= 0.3 is 0 Å². The van der Waals surface area contributed by atoms with Crippen molar-refractivity contribution in [3.05, 3.63) is 64.7 Å². The monoisotopic (exact) mass is 426 g/mol. The van der Waals surface area contributed by atoms with Crippen LogP contribution >= 0.6 is 11.8 Å². The average Bonchev–Trinajstić information content (AvgIpc) is 2.91. The van der Waals surface area contributed by atoms with E-state index in [9.17, 15) is 4.79 Å². The molecule has 0 N–H and O–H groups in total. The first kappa shape index (κ1) is 23.1. The topological polar surface area (TPSA) is 35.5 Å². The molecule has 3 rings (SSSR count). The number of rotatable bonds is 12. The highest BCUT2D eigenvalue weighted by molar-refractivity contribution is 7.98. The molecule has 0 amide bonds. The van der Waals surface area contributed by atoms with Gasteiger partial charge in [0.05, 0.1) is 0 Å². The van der Waals surface area contributed by atoms with Crippen LogP contribution in [0.25, 0.3) is 0 Å². The first-order chi connectivity index (χ1) is 14.7. The van der Waals surface area contributed by atoms with Crippen LogP contribution in [0.5, 0.6) is 0 Å². The summed E-state index contributed by atoms with van der Waals surface area (Å²) in [4.78, 5) is 14.1. The van der Waals surface area contributed by atoms with Gasteiger partial charge in [-0.15, -0.1) is 11.8 Å². The Balaban J connectivity index is 1.68. The first-order valence-corrected chi connectivity index (χ1v) is 12.3. The number of carbonyl (C=O) groups excluding carboxylic acids is 1. The Morgan fingerprint density at radius 1 is 0.900 bits per heavy atom. The predicted octanol–water partition coefficient (Wildman–Crippen LogP) is 6.81. The van der Waals surface area contributed by atoms with Gasteiger partial charge in [-0.3, -0.25) is 4.79 Å². The van der Waals surface area contributed by atoms with Crippen molar-refractivity contribution in [3.8, 4) is 0 Å². The van der Waals surface area contributed by atoms with E-state index >= 15 is 0 Å². The molecule has 1 aliphatic heterocycles. The Morgan fingerprint density at radius 3 is 2.30 bits per heavy atom. The zero-order valence-electron chi connectivity index (χ0n) is 18.3. The molecule has 0 radical (unpaired) electrons. The van der Waals surface area contributed by atoms with Crippen LogP contribution in [0.3, 0.4) is 0 Å². The minimum absolute atomic E-state index is 0.125. The van der Waals surface area contributed by atoms with Crippen LogP contribution in [0.2, 0.25) is 0 Å². The third kappa shape index (κ3) is 6.44. The maximum absolute atomic E-state index is 13.0. The molecule has 0 saturated heterocycles. The number of unbranched alkanes of at least 4 members (excludes halogenated alkanes) is 4. The zero-order valence-corrected chi connectivity index (χ0v) is 19.1. The van der Waals surface area contributed by atoms with Gasteiger partial charge in [0.25, 0.3) is 0 Å². The molecule has 0 spiro atoms. The van der Waals surface area contributed by atoms with E-state index in [1.165, 1.54) is 25.7 Å². The number of ether oxygens (including phenoxy) is 2. The second kappa shape index (κ2) is 12.3.